The van der Waals surface area contributed by atoms with Gasteiger partial charge in [0.25, 0.3) is 5.91 Å². The molecular formula is C14H20N2O3. The second-order valence-corrected chi connectivity index (χ2v) is 4.71. The van der Waals surface area contributed by atoms with Crippen LogP contribution >= 0.6 is 0 Å². The van der Waals surface area contributed by atoms with Crippen LogP contribution in [-0.4, -0.2) is 32.3 Å². The molecule has 2 atom stereocenters. The second-order valence-electron chi connectivity index (χ2n) is 4.71. The summed E-state index contributed by atoms with van der Waals surface area (Å²) in [7, 11) is 3.19. The van der Waals surface area contributed by atoms with E-state index in [0.29, 0.717) is 17.0 Å². The molecule has 2 rings (SSSR count). The molecule has 0 aliphatic heterocycles. The zero-order valence-corrected chi connectivity index (χ0v) is 11.3. The summed E-state index contributed by atoms with van der Waals surface area (Å²) in [6, 6.07) is 5.23. The van der Waals surface area contributed by atoms with Crippen LogP contribution in [0.3, 0.4) is 0 Å². The third-order valence-corrected chi connectivity index (χ3v) is 3.57. The monoisotopic (exact) mass is 264 g/mol. The van der Waals surface area contributed by atoms with Crippen LogP contribution in [0.1, 0.15) is 29.6 Å². The average Bonchev–Trinajstić information content (AvgIpc) is 2.85. The molecule has 19 heavy (non-hydrogen) atoms. The number of nitrogens with two attached hydrogens (primary N) is 1. The fourth-order valence-electron chi connectivity index (χ4n) is 2.58. The molecule has 5 heteroatoms. The predicted octanol–water partition coefficient (Wildman–Crippen LogP) is 1.57. The zero-order chi connectivity index (χ0) is 13.8. The van der Waals surface area contributed by atoms with Crippen molar-refractivity contribution in [3.8, 4) is 5.75 Å². The lowest BCUT2D eigenvalue weighted by atomic mass is 10.1. The first-order valence-electron chi connectivity index (χ1n) is 6.43. The van der Waals surface area contributed by atoms with E-state index in [0.717, 1.165) is 19.3 Å². The Labute approximate surface area is 113 Å². The van der Waals surface area contributed by atoms with Crippen LogP contribution in [-0.2, 0) is 4.74 Å². The number of rotatable bonds is 4. The van der Waals surface area contributed by atoms with Crippen molar-refractivity contribution in [3.63, 3.8) is 0 Å². The van der Waals surface area contributed by atoms with Crippen LogP contribution in [0, 0.1) is 0 Å². The average molecular weight is 264 g/mol. The molecule has 5 nitrogen and oxygen atoms in total. The van der Waals surface area contributed by atoms with Crippen LogP contribution in [0.2, 0.25) is 0 Å². The van der Waals surface area contributed by atoms with E-state index in [9.17, 15) is 4.79 Å². The Balaban J connectivity index is 2.14. The lowest BCUT2D eigenvalue weighted by Crippen LogP contribution is -2.40. The third-order valence-electron chi connectivity index (χ3n) is 3.57. The molecule has 0 aromatic heterocycles. The van der Waals surface area contributed by atoms with Crippen molar-refractivity contribution in [3.05, 3.63) is 23.8 Å². The molecule has 1 amide bonds. The van der Waals surface area contributed by atoms with Gasteiger partial charge in [-0.1, -0.05) is 6.07 Å². The largest absolute Gasteiger partial charge is 0.494 e. The molecule has 0 spiro atoms. The Morgan fingerprint density at radius 3 is 2.84 bits per heavy atom. The summed E-state index contributed by atoms with van der Waals surface area (Å²) < 4.78 is 10.6. The SMILES string of the molecule is COc1c(N)cccc1C(=O)NC1CCCC1OC. The molecule has 104 valence electrons. The molecule has 0 heterocycles. The van der Waals surface area contributed by atoms with Crippen molar-refractivity contribution in [1.82, 2.24) is 5.32 Å². The van der Waals surface area contributed by atoms with Crippen LogP contribution in [0.25, 0.3) is 0 Å². The molecule has 0 radical (unpaired) electrons. The molecular weight excluding hydrogens is 244 g/mol. The van der Waals surface area contributed by atoms with Gasteiger partial charge < -0.3 is 20.5 Å². The number of carbonyl (C=O) groups excluding carboxylic acids is 1. The van der Waals surface area contributed by atoms with Crippen molar-refractivity contribution in [1.29, 1.82) is 0 Å². The Kier molecular flexibility index (Phi) is 4.27. The molecule has 1 aliphatic carbocycles. The Hall–Kier alpha value is -1.75. The van der Waals surface area contributed by atoms with Crippen LogP contribution in [0.4, 0.5) is 5.69 Å². The van der Waals surface area contributed by atoms with Gasteiger partial charge in [0, 0.05) is 7.11 Å². The lowest BCUT2D eigenvalue weighted by molar-refractivity contribution is 0.0720. The minimum atomic E-state index is -0.168. The van der Waals surface area contributed by atoms with E-state index in [1.54, 1.807) is 25.3 Å². The van der Waals surface area contributed by atoms with E-state index in [2.05, 4.69) is 5.32 Å². The highest BCUT2D eigenvalue weighted by Crippen LogP contribution is 2.27. The number of amides is 1. The lowest BCUT2D eigenvalue weighted by Gasteiger charge is -2.20. The summed E-state index contributed by atoms with van der Waals surface area (Å²) >= 11 is 0. The van der Waals surface area contributed by atoms with E-state index < -0.39 is 0 Å². The predicted molar refractivity (Wildman–Crippen MR) is 73.3 cm³/mol. The van der Waals surface area contributed by atoms with Gasteiger partial charge in [-0.15, -0.1) is 0 Å². The number of nitrogen functional groups attached to an aromatic ring is 1. The second kappa shape index (κ2) is 5.93. The highest BCUT2D eigenvalue weighted by molar-refractivity contribution is 5.98. The maximum absolute atomic E-state index is 12.3. The van der Waals surface area contributed by atoms with E-state index >= 15 is 0 Å². The van der Waals surface area contributed by atoms with Gasteiger partial charge in [-0.25, -0.2) is 0 Å². The van der Waals surface area contributed by atoms with E-state index in [-0.39, 0.29) is 18.1 Å². The normalized spacial score (nSPS) is 22.2. The number of benzene rings is 1. The van der Waals surface area contributed by atoms with Gasteiger partial charge in [-0.05, 0) is 31.4 Å². The number of para-hydroxylation sites is 1. The molecule has 0 bridgehead atoms. The Morgan fingerprint density at radius 1 is 1.37 bits per heavy atom. The molecule has 3 N–H and O–H groups in total. The standard InChI is InChI=1S/C14H20N2O3/c1-18-12-8-4-7-11(12)16-14(17)9-5-3-6-10(15)13(9)19-2/h3,5-6,11-12H,4,7-8,15H2,1-2H3,(H,16,17). The number of anilines is 1. The number of hydrogen-bond acceptors (Lipinski definition) is 4. The minimum absolute atomic E-state index is 0.0589. The highest BCUT2D eigenvalue weighted by Gasteiger charge is 2.29. The van der Waals surface area contributed by atoms with E-state index in [1.165, 1.54) is 7.11 Å². The maximum Gasteiger partial charge on any atom is 0.255 e. The minimum Gasteiger partial charge on any atom is -0.494 e. The molecule has 1 aromatic carbocycles. The Morgan fingerprint density at radius 2 is 2.16 bits per heavy atom. The van der Waals surface area contributed by atoms with Crippen molar-refractivity contribution in [2.45, 2.75) is 31.4 Å². The molecule has 1 saturated carbocycles. The summed E-state index contributed by atoms with van der Waals surface area (Å²) in [5, 5.41) is 3.00. The fourth-order valence-corrected chi connectivity index (χ4v) is 2.58. The fraction of sp³-hybridized carbons (Fsp3) is 0.500. The van der Waals surface area contributed by atoms with Crippen LogP contribution < -0.4 is 15.8 Å². The first-order valence-corrected chi connectivity index (χ1v) is 6.43. The number of carbonyl (C=O) groups is 1. The van der Waals surface area contributed by atoms with Crippen LogP contribution in [0.5, 0.6) is 5.75 Å². The van der Waals surface area contributed by atoms with Crippen LogP contribution in [0.15, 0.2) is 18.2 Å². The van der Waals surface area contributed by atoms with Gasteiger partial charge in [0.1, 0.15) is 0 Å². The smallest absolute Gasteiger partial charge is 0.255 e. The number of methoxy groups -OCH3 is 2. The van der Waals surface area contributed by atoms with Gasteiger partial charge in [0.05, 0.1) is 30.5 Å². The molecule has 1 aromatic rings. The van der Waals surface area contributed by atoms with E-state index in [1.807, 2.05) is 0 Å². The van der Waals surface area contributed by atoms with E-state index in [4.69, 9.17) is 15.2 Å². The quantitative estimate of drug-likeness (QED) is 0.810. The summed E-state index contributed by atoms with van der Waals surface area (Å²) in [4.78, 5) is 12.3. The summed E-state index contributed by atoms with van der Waals surface area (Å²) in [5.74, 6) is 0.255. The topological polar surface area (TPSA) is 73.6 Å². The van der Waals surface area contributed by atoms with Crippen molar-refractivity contribution >= 4 is 11.6 Å². The third kappa shape index (κ3) is 2.81. The van der Waals surface area contributed by atoms with Crippen molar-refractivity contribution in [2.75, 3.05) is 20.0 Å². The summed E-state index contributed by atoms with van der Waals surface area (Å²) in [6.45, 7) is 0. The highest BCUT2D eigenvalue weighted by atomic mass is 16.5. The number of nitrogens with one attached hydrogen (secondary N) is 1. The molecule has 1 aliphatic rings. The first-order chi connectivity index (χ1) is 9.17. The van der Waals surface area contributed by atoms with Gasteiger partial charge in [0.2, 0.25) is 0 Å². The molecule has 2 unspecified atom stereocenters. The van der Waals surface area contributed by atoms with Gasteiger partial charge >= 0.3 is 0 Å². The summed E-state index contributed by atoms with van der Waals surface area (Å²) in [5.41, 5.74) is 6.73. The maximum atomic E-state index is 12.3. The van der Waals surface area contributed by atoms with Gasteiger partial charge in [0.15, 0.2) is 5.75 Å². The van der Waals surface area contributed by atoms with Gasteiger partial charge in [-0.2, -0.15) is 0 Å². The molecule has 0 saturated heterocycles. The number of ether oxygens (including phenoxy) is 2. The first kappa shape index (κ1) is 13.7. The Bertz CT molecular complexity index is 462. The van der Waals surface area contributed by atoms with Crippen molar-refractivity contribution < 1.29 is 14.3 Å². The summed E-state index contributed by atoms with van der Waals surface area (Å²) in [6.07, 6.45) is 3.08. The molecule has 1 fully saturated rings. The van der Waals surface area contributed by atoms with Crippen molar-refractivity contribution in [2.24, 2.45) is 0 Å². The van der Waals surface area contributed by atoms with Gasteiger partial charge in [-0.3, -0.25) is 4.79 Å². The zero-order valence-electron chi connectivity index (χ0n) is 11.3. The number of hydrogen-bond donors (Lipinski definition) is 2.